The highest BCUT2D eigenvalue weighted by Crippen LogP contribution is 2.35. The third kappa shape index (κ3) is 3.39. The lowest BCUT2D eigenvalue weighted by atomic mass is 10.1. The summed E-state index contributed by atoms with van der Waals surface area (Å²) in [6.45, 7) is 6.29. The van der Waals surface area contributed by atoms with E-state index in [9.17, 15) is 0 Å². The molecule has 0 spiro atoms. The molecule has 0 fully saturated rings. The Kier molecular flexibility index (Phi) is 4.08. The van der Waals surface area contributed by atoms with E-state index in [-0.39, 0.29) is 6.79 Å². The van der Waals surface area contributed by atoms with E-state index < -0.39 is 0 Å². The standard InChI is InChI=1S/C20H20N4O2/c1-12-4-6-16(13(2)8-12)24-20-10-19(21-14(3)22-20)23-15-5-7-17-18(9-15)26-11-25-17/h4-10H,11H2,1-3H3,(H2,21,22,23,24). The van der Waals surface area contributed by atoms with Crippen LogP contribution in [-0.4, -0.2) is 16.8 Å². The van der Waals surface area contributed by atoms with Crippen molar-refractivity contribution < 1.29 is 9.47 Å². The molecule has 2 heterocycles. The summed E-state index contributed by atoms with van der Waals surface area (Å²) in [5.41, 5.74) is 4.32. The zero-order valence-electron chi connectivity index (χ0n) is 15.0. The number of aromatic nitrogens is 2. The summed E-state index contributed by atoms with van der Waals surface area (Å²) in [4.78, 5) is 8.95. The second kappa shape index (κ2) is 6.55. The fourth-order valence-electron chi connectivity index (χ4n) is 2.91. The Balaban J connectivity index is 1.58. The molecule has 0 bridgehead atoms. The third-order valence-electron chi connectivity index (χ3n) is 4.13. The SMILES string of the molecule is Cc1ccc(Nc2cc(Nc3ccc4c(c3)OCO4)nc(C)n2)c(C)c1. The second-order valence-corrected chi connectivity index (χ2v) is 6.32. The topological polar surface area (TPSA) is 68.3 Å². The van der Waals surface area contributed by atoms with E-state index in [2.05, 4.69) is 52.6 Å². The zero-order valence-corrected chi connectivity index (χ0v) is 15.0. The monoisotopic (exact) mass is 348 g/mol. The lowest BCUT2D eigenvalue weighted by Crippen LogP contribution is -2.02. The highest BCUT2D eigenvalue weighted by Gasteiger charge is 2.13. The molecule has 2 N–H and O–H groups in total. The van der Waals surface area contributed by atoms with Crippen LogP contribution in [0.5, 0.6) is 11.5 Å². The van der Waals surface area contributed by atoms with Crippen LogP contribution in [-0.2, 0) is 0 Å². The molecule has 3 aromatic rings. The number of nitrogens with zero attached hydrogens (tertiary/aromatic N) is 2. The predicted octanol–water partition coefficient (Wildman–Crippen LogP) is 4.62. The van der Waals surface area contributed by atoms with Crippen molar-refractivity contribution in [2.24, 2.45) is 0 Å². The summed E-state index contributed by atoms with van der Waals surface area (Å²) in [6.07, 6.45) is 0. The smallest absolute Gasteiger partial charge is 0.231 e. The minimum Gasteiger partial charge on any atom is -0.454 e. The highest BCUT2D eigenvalue weighted by atomic mass is 16.7. The molecule has 6 nitrogen and oxygen atoms in total. The van der Waals surface area contributed by atoms with E-state index in [0.717, 1.165) is 28.7 Å². The van der Waals surface area contributed by atoms with Crippen molar-refractivity contribution in [1.29, 1.82) is 0 Å². The Labute approximate surface area is 152 Å². The number of fused-ring (bicyclic) bond motifs is 1. The lowest BCUT2D eigenvalue weighted by Gasteiger charge is -2.12. The molecule has 1 aliphatic heterocycles. The molecular formula is C20H20N4O2. The normalized spacial score (nSPS) is 12.1. The van der Waals surface area contributed by atoms with Crippen LogP contribution >= 0.6 is 0 Å². The van der Waals surface area contributed by atoms with Crippen LogP contribution in [0.3, 0.4) is 0 Å². The number of benzene rings is 2. The van der Waals surface area contributed by atoms with Gasteiger partial charge in [-0.25, -0.2) is 9.97 Å². The quantitative estimate of drug-likeness (QED) is 0.717. The first-order valence-corrected chi connectivity index (χ1v) is 8.43. The molecule has 0 amide bonds. The maximum atomic E-state index is 5.42. The number of aryl methyl sites for hydroxylation is 3. The number of ether oxygens (including phenoxy) is 2. The molecule has 0 saturated heterocycles. The molecule has 0 saturated carbocycles. The summed E-state index contributed by atoms with van der Waals surface area (Å²) < 4.78 is 10.8. The van der Waals surface area contributed by atoms with Gasteiger partial charge < -0.3 is 20.1 Å². The summed E-state index contributed by atoms with van der Waals surface area (Å²) in [5, 5.41) is 6.67. The Hall–Kier alpha value is -3.28. The number of rotatable bonds is 4. The number of hydrogen-bond donors (Lipinski definition) is 2. The van der Waals surface area contributed by atoms with Crippen molar-refractivity contribution in [3.8, 4) is 11.5 Å². The van der Waals surface area contributed by atoms with Gasteiger partial charge in [-0.05, 0) is 44.5 Å². The van der Waals surface area contributed by atoms with Crippen molar-refractivity contribution in [3.05, 3.63) is 59.4 Å². The molecule has 1 aliphatic rings. The fourth-order valence-corrected chi connectivity index (χ4v) is 2.91. The van der Waals surface area contributed by atoms with Gasteiger partial charge in [-0.15, -0.1) is 0 Å². The van der Waals surface area contributed by atoms with Crippen LogP contribution in [0.25, 0.3) is 0 Å². The molecular weight excluding hydrogens is 328 g/mol. The molecule has 4 rings (SSSR count). The molecule has 0 aliphatic carbocycles. The molecule has 26 heavy (non-hydrogen) atoms. The van der Waals surface area contributed by atoms with E-state index in [4.69, 9.17) is 9.47 Å². The van der Waals surface area contributed by atoms with Gasteiger partial charge in [-0.3, -0.25) is 0 Å². The molecule has 6 heteroatoms. The Morgan fingerprint density at radius 2 is 1.58 bits per heavy atom. The Bertz CT molecular complexity index is 972. The van der Waals surface area contributed by atoms with Crippen LogP contribution in [0.15, 0.2) is 42.5 Å². The molecule has 0 radical (unpaired) electrons. The second-order valence-electron chi connectivity index (χ2n) is 6.32. The van der Waals surface area contributed by atoms with E-state index in [1.807, 2.05) is 31.2 Å². The van der Waals surface area contributed by atoms with Gasteiger partial charge in [0.15, 0.2) is 11.5 Å². The maximum absolute atomic E-state index is 5.42. The van der Waals surface area contributed by atoms with Gasteiger partial charge in [-0.1, -0.05) is 17.7 Å². The Morgan fingerprint density at radius 3 is 2.38 bits per heavy atom. The van der Waals surface area contributed by atoms with Gasteiger partial charge in [0.05, 0.1) is 0 Å². The van der Waals surface area contributed by atoms with Gasteiger partial charge in [0, 0.05) is 23.5 Å². The minimum atomic E-state index is 0.259. The number of hydrogen-bond acceptors (Lipinski definition) is 6. The van der Waals surface area contributed by atoms with Crippen molar-refractivity contribution >= 4 is 23.0 Å². The van der Waals surface area contributed by atoms with Crippen LogP contribution in [0.4, 0.5) is 23.0 Å². The predicted molar refractivity (Wildman–Crippen MR) is 102 cm³/mol. The van der Waals surface area contributed by atoms with Crippen LogP contribution in [0.1, 0.15) is 17.0 Å². The van der Waals surface area contributed by atoms with E-state index in [1.165, 1.54) is 11.1 Å². The van der Waals surface area contributed by atoms with Crippen molar-refractivity contribution in [2.45, 2.75) is 20.8 Å². The van der Waals surface area contributed by atoms with Crippen molar-refractivity contribution in [3.63, 3.8) is 0 Å². The average Bonchev–Trinajstić information content (AvgIpc) is 3.05. The van der Waals surface area contributed by atoms with Crippen molar-refractivity contribution in [1.82, 2.24) is 9.97 Å². The zero-order chi connectivity index (χ0) is 18.1. The highest BCUT2D eigenvalue weighted by molar-refractivity contribution is 5.66. The summed E-state index contributed by atoms with van der Waals surface area (Å²) in [6, 6.07) is 13.9. The first-order chi connectivity index (χ1) is 12.6. The molecule has 0 unspecified atom stereocenters. The minimum absolute atomic E-state index is 0.259. The summed E-state index contributed by atoms with van der Waals surface area (Å²) in [7, 11) is 0. The Morgan fingerprint density at radius 1 is 0.808 bits per heavy atom. The first-order valence-electron chi connectivity index (χ1n) is 8.43. The molecule has 2 aromatic carbocycles. The van der Waals surface area contributed by atoms with Gasteiger partial charge in [-0.2, -0.15) is 0 Å². The number of anilines is 4. The molecule has 0 atom stereocenters. The van der Waals surface area contributed by atoms with Crippen LogP contribution in [0.2, 0.25) is 0 Å². The van der Waals surface area contributed by atoms with Gasteiger partial charge in [0.2, 0.25) is 6.79 Å². The van der Waals surface area contributed by atoms with Gasteiger partial charge >= 0.3 is 0 Å². The van der Waals surface area contributed by atoms with Crippen LogP contribution in [0, 0.1) is 20.8 Å². The van der Waals surface area contributed by atoms with E-state index in [0.29, 0.717) is 11.6 Å². The third-order valence-corrected chi connectivity index (χ3v) is 4.13. The van der Waals surface area contributed by atoms with Crippen molar-refractivity contribution in [2.75, 3.05) is 17.4 Å². The number of nitrogens with one attached hydrogen (secondary N) is 2. The lowest BCUT2D eigenvalue weighted by molar-refractivity contribution is 0.174. The molecule has 132 valence electrons. The largest absolute Gasteiger partial charge is 0.454 e. The van der Waals surface area contributed by atoms with Gasteiger partial charge in [0.1, 0.15) is 17.5 Å². The average molecular weight is 348 g/mol. The van der Waals surface area contributed by atoms with Crippen LogP contribution < -0.4 is 20.1 Å². The van der Waals surface area contributed by atoms with E-state index >= 15 is 0 Å². The maximum Gasteiger partial charge on any atom is 0.231 e. The summed E-state index contributed by atoms with van der Waals surface area (Å²) >= 11 is 0. The summed E-state index contributed by atoms with van der Waals surface area (Å²) in [5.74, 6) is 3.63. The van der Waals surface area contributed by atoms with E-state index in [1.54, 1.807) is 0 Å². The fraction of sp³-hybridized carbons (Fsp3) is 0.200. The first kappa shape index (κ1) is 16.2. The molecule has 1 aromatic heterocycles. The van der Waals surface area contributed by atoms with Gasteiger partial charge in [0.25, 0.3) is 0 Å².